The molecule has 0 aliphatic rings. The van der Waals surface area contributed by atoms with Crippen LogP contribution in [0.5, 0.6) is 0 Å². The standard InChI is InChI=1S/C10H10N2O4/c1-6-5-8(10(14)12(15)16)3-4-9(6)11-7(2)13/h3-5H,1-2H3,(H,11,13). The van der Waals surface area contributed by atoms with Crippen LogP contribution in [0.4, 0.5) is 5.69 Å². The fourth-order valence-electron chi connectivity index (χ4n) is 1.23. The van der Waals surface area contributed by atoms with Crippen LogP contribution in [-0.4, -0.2) is 16.7 Å². The SMILES string of the molecule is CC(=O)Nc1ccc(C(=O)[N+](=O)[O-])cc1C. The molecule has 0 bridgehead atoms. The first-order valence-electron chi connectivity index (χ1n) is 4.49. The summed E-state index contributed by atoms with van der Waals surface area (Å²) < 4.78 is 0. The molecular weight excluding hydrogens is 212 g/mol. The molecule has 0 aliphatic heterocycles. The fraction of sp³-hybridized carbons (Fsp3) is 0.200. The van der Waals surface area contributed by atoms with Gasteiger partial charge >= 0.3 is 5.91 Å². The largest absolute Gasteiger partial charge is 0.476 e. The summed E-state index contributed by atoms with van der Waals surface area (Å²) in [7, 11) is 0. The quantitative estimate of drug-likeness (QED) is 0.604. The lowest BCUT2D eigenvalue weighted by molar-refractivity contribution is -0.375. The van der Waals surface area contributed by atoms with E-state index in [-0.39, 0.29) is 11.5 Å². The van der Waals surface area contributed by atoms with E-state index >= 15 is 0 Å². The van der Waals surface area contributed by atoms with Gasteiger partial charge < -0.3 is 5.32 Å². The number of benzene rings is 1. The van der Waals surface area contributed by atoms with E-state index in [0.717, 1.165) is 0 Å². The van der Waals surface area contributed by atoms with Gasteiger partial charge in [-0.2, -0.15) is 0 Å². The Labute approximate surface area is 91.4 Å². The van der Waals surface area contributed by atoms with Gasteiger partial charge in [-0.05, 0) is 30.7 Å². The zero-order chi connectivity index (χ0) is 12.3. The molecule has 1 aromatic carbocycles. The van der Waals surface area contributed by atoms with Gasteiger partial charge in [-0.25, -0.2) is 4.79 Å². The molecule has 0 fully saturated rings. The maximum Gasteiger partial charge on any atom is 0.476 e. The first-order chi connectivity index (χ1) is 7.41. The van der Waals surface area contributed by atoms with Crippen LogP contribution >= 0.6 is 0 Å². The van der Waals surface area contributed by atoms with E-state index < -0.39 is 10.8 Å². The summed E-state index contributed by atoms with van der Waals surface area (Å²) >= 11 is 0. The van der Waals surface area contributed by atoms with E-state index in [0.29, 0.717) is 11.3 Å². The molecule has 1 N–H and O–H groups in total. The molecule has 84 valence electrons. The Hall–Kier alpha value is -2.24. The molecule has 0 atom stereocenters. The summed E-state index contributed by atoms with van der Waals surface area (Å²) in [6.07, 6.45) is 0. The van der Waals surface area contributed by atoms with Crippen LogP contribution in [0.1, 0.15) is 22.8 Å². The number of nitrogens with zero attached hydrogens (tertiary/aromatic N) is 1. The van der Waals surface area contributed by atoms with Crippen LogP contribution in [0.25, 0.3) is 0 Å². The Morgan fingerprint density at radius 3 is 2.44 bits per heavy atom. The molecule has 0 saturated carbocycles. The number of carbonyl (C=O) groups excluding carboxylic acids is 2. The topological polar surface area (TPSA) is 89.3 Å². The summed E-state index contributed by atoms with van der Waals surface area (Å²) in [5.41, 5.74) is 1.13. The molecule has 0 heterocycles. The third kappa shape index (κ3) is 2.63. The van der Waals surface area contributed by atoms with Crippen molar-refractivity contribution >= 4 is 17.5 Å². The summed E-state index contributed by atoms with van der Waals surface area (Å²) in [5, 5.41) is 12.8. The Morgan fingerprint density at radius 2 is 2.00 bits per heavy atom. The molecule has 0 aliphatic carbocycles. The van der Waals surface area contributed by atoms with Crippen LogP contribution in [0.15, 0.2) is 18.2 Å². The Balaban J connectivity index is 3.04. The Morgan fingerprint density at radius 1 is 1.38 bits per heavy atom. The monoisotopic (exact) mass is 222 g/mol. The molecular formula is C10H10N2O4. The van der Waals surface area contributed by atoms with E-state index in [4.69, 9.17) is 0 Å². The van der Waals surface area contributed by atoms with Gasteiger partial charge in [0, 0.05) is 12.6 Å². The molecule has 0 unspecified atom stereocenters. The minimum absolute atomic E-state index is 0.00315. The van der Waals surface area contributed by atoms with E-state index in [9.17, 15) is 19.7 Å². The minimum Gasteiger partial charge on any atom is -0.326 e. The van der Waals surface area contributed by atoms with Crippen molar-refractivity contribution in [3.05, 3.63) is 39.4 Å². The molecule has 6 nitrogen and oxygen atoms in total. The smallest absolute Gasteiger partial charge is 0.326 e. The highest BCUT2D eigenvalue weighted by Crippen LogP contribution is 2.16. The molecule has 0 spiro atoms. The normalized spacial score (nSPS) is 9.62. The van der Waals surface area contributed by atoms with Crippen molar-refractivity contribution < 1.29 is 14.5 Å². The van der Waals surface area contributed by atoms with Gasteiger partial charge in [0.2, 0.25) is 5.91 Å². The van der Waals surface area contributed by atoms with Gasteiger partial charge in [-0.1, -0.05) is 0 Å². The van der Waals surface area contributed by atoms with Crippen LogP contribution in [0.3, 0.4) is 0 Å². The molecule has 6 heteroatoms. The van der Waals surface area contributed by atoms with Crippen LogP contribution in [0.2, 0.25) is 0 Å². The third-order valence-electron chi connectivity index (χ3n) is 1.95. The lowest BCUT2D eigenvalue weighted by atomic mass is 10.1. The number of hydrogen-bond acceptors (Lipinski definition) is 4. The highest BCUT2D eigenvalue weighted by molar-refractivity contribution is 5.92. The van der Waals surface area contributed by atoms with Crippen molar-refractivity contribution in [2.75, 3.05) is 5.32 Å². The zero-order valence-electron chi connectivity index (χ0n) is 8.81. The average Bonchev–Trinajstić information content (AvgIpc) is 2.19. The zero-order valence-corrected chi connectivity index (χ0v) is 8.81. The number of nitro groups is 1. The van der Waals surface area contributed by atoms with Gasteiger partial charge in [0.15, 0.2) is 0 Å². The van der Waals surface area contributed by atoms with Crippen molar-refractivity contribution in [2.24, 2.45) is 0 Å². The molecule has 16 heavy (non-hydrogen) atoms. The highest BCUT2D eigenvalue weighted by Gasteiger charge is 2.18. The first kappa shape index (κ1) is 11.8. The highest BCUT2D eigenvalue weighted by atomic mass is 16.6. The second-order valence-corrected chi connectivity index (χ2v) is 3.27. The molecule has 0 saturated heterocycles. The summed E-state index contributed by atoms with van der Waals surface area (Å²) in [6.45, 7) is 3.01. The Kier molecular flexibility index (Phi) is 3.34. The number of nitrogens with one attached hydrogen (secondary N) is 1. The number of anilines is 1. The van der Waals surface area contributed by atoms with Crippen LogP contribution in [-0.2, 0) is 4.79 Å². The maximum absolute atomic E-state index is 11.0. The molecule has 1 aromatic rings. The number of hydrogen-bond donors (Lipinski definition) is 1. The summed E-state index contributed by atoms with van der Waals surface area (Å²) in [6, 6.07) is 4.15. The van der Waals surface area contributed by atoms with E-state index in [1.807, 2.05) is 0 Å². The van der Waals surface area contributed by atoms with Crippen molar-refractivity contribution in [1.82, 2.24) is 0 Å². The van der Waals surface area contributed by atoms with Crippen molar-refractivity contribution in [2.45, 2.75) is 13.8 Å². The lowest BCUT2D eigenvalue weighted by Gasteiger charge is -2.06. The van der Waals surface area contributed by atoms with E-state index in [1.165, 1.54) is 25.1 Å². The molecule has 0 radical (unpaired) electrons. The molecule has 0 aromatic heterocycles. The number of rotatable bonds is 2. The second kappa shape index (κ2) is 4.52. The fourth-order valence-corrected chi connectivity index (χ4v) is 1.23. The van der Waals surface area contributed by atoms with Crippen LogP contribution < -0.4 is 5.32 Å². The van der Waals surface area contributed by atoms with Crippen molar-refractivity contribution in [3.63, 3.8) is 0 Å². The Bertz CT molecular complexity index is 468. The molecule has 2 amide bonds. The van der Waals surface area contributed by atoms with E-state index in [1.54, 1.807) is 6.92 Å². The van der Waals surface area contributed by atoms with Gasteiger partial charge in [0.05, 0.1) is 5.56 Å². The number of aryl methyl sites for hydroxylation is 1. The van der Waals surface area contributed by atoms with Gasteiger partial charge in [0.25, 0.3) is 0 Å². The second-order valence-electron chi connectivity index (χ2n) is 3.27. The minimum atomic E-state index is -1.16. The average molecular weight is 222 g/mol. The van der Waals surface area contributed by atoms with Gasteiger partial charge in [0.1, 0.15) is 4.92 Å². The third-order valence-corrected chi connectivity index (χ3v) is 1.95. The van der Waals surface area contributed by atoms with Crippen LogP contribution in [0, 0.1) is 17.0 Å². The maximum atomic E-state index is 11.0. The predicted molar refractivity (Wildman–Crippen MR) is 56.8 cm³/mol. The summed E-state index contributed by atoms with van der Waals surface area (Å²) in [5.74, 6) is -1.39. The van der Waals surface area contributed by atoms with Crippen molar-refractivity contribution in [3.8, 4) is 0 Å². The first-order valence-corrected chi connectivity index (χ1v) is 4.49. The number of carbonyl (C=O) groups is 2. The summed E-state index contributed by atoms with van der Waals surface area (Å²) in [4.78, 5) is 31.1. The van der Waals surface area contributed by atoms with Crippen molar-refractivity contribution in [1.29, 1.82) is 0 Å². The van der Waals surface area contributed by atoms with Gasteiger partial charge in [-0.3, -0.25) is 14.9 Å². The molecule has 1 rings (SSSR count). The van der Waals surface area contributed by atoms with E-state index in [2.05, 4.69) is 5.32 Å². The number of amides is 2. The predicted octanol–water partition coefficient (Wildman–Crippen LogP) is 1.37. The lowest BCUT2D eigenvalue weighted by Crippen LogP contribution is -2.12. The van der Waals surface area contributed by atoms with Gasteiger partial charge in [-0.15, -0.1) is 0 Å².